The summed E-state index contributed by atoms with van der Waals surface area (Å²) >= 11 is 0. The predicted octanol–water partition coefficient (Wildman–Crippen LogP) is 3.86. The molecule has 1 aromatic carbocycles. The van der Waals surface area contributed by atoms with Gasteiger partial charge in [-0.2, -0.15) is 0 Å². The number of rotatable bonds is 8. The van der Waals surface area contributed by atoms with Gasteiger partial charge in [-0.3, -0.25) is 4.79 Å². The van der Waals surface area contributed by atoms with Gasteiger partial charge in [-0.1, -0.05) is 27.7 Å². The molecule has 4 heteroatoms. The van der Waals surface area contributed by atoms with Crippen LogP contribution >= 0.6 is 0 Å². The summed E-state index contributed by atoms with van der Waals surface area (Å²) in [7, 11) is 3.23. The number of carbonyl (C=O) groups excluding carboxylic acids is 1. The molecule has 0 aliphatic carbocycles. The molecule has 4 nitrogen and oxygen atoms in total. The van der Waals surface area contributed by atoms with E-state index in [1.54, 1.807) is 26.4 Å². The lowest BCUT2D eigenvalue weighted by molar-refractivity contribution is -0.127. The minimum absolute atomic E-state index is 0.0253. The van der Waals surface area contributed by atoms with Crippen molar-refractivity contribution in [1.29, 1.82) is 0 Å². The summed E-state index contributed by atoms with van der Waals surface area (Å²) in [5.74, 6) is 2.36. The second kappa shape index (κ2) is 9.23. The van der Waals surface area contributed by atoms with Crippen LogP contribution in [0.5, 0.6) is 11.5 Å². The van der Waals surface area contributed by atoms with E-state index in [9.17, 15) is 4.79 Å². The average Bonchev–Trinajstić information content (AvgIpc) is 2.50. The van der Waals surface area contributed by atoms with Crippen molar-refractivity contribution in [3.63, 3.8) is 0 Å². The van der Waals surface area contributed by atoms with E-state index in [0.29, 0.717) is 17.6 Å². The average molecular weight is 319 g/mol. The van der Waals surface area contributed by atoms with Crippen LogP contribution in [0.2, 0.25) is 0 Å². The van der Waals surface area contributed by atoms with Crippen molar-refractivity contribution in [2.45, 2.75) is 27.7 Å². The Labute approximate surface area is 140 Å². The van der Waals surface area contributed by atoms with Crippen molar-refractivity contribution in [3.8, 4) is 11.5 Å². The molecule has 0 aliphatic rings. The number of carbonyl (C=O) groups is 1. The summed E-state index contributed by atoms with van der Waals surface area (Å²) < 4.78 is 10.6. The summed E-state index contributed by atoms with van der Waals surface area (Å²) in [6.07, 6.45) is 3.40. The maximum absolute atomic E-state index is 12.5. The van der Waals surface area contributed by atoms with E-state index in [4.69, 9.17) is 9.47 Å². The van der Waals surface area contributed by atoms with Gasteiger partial charge in [0, 0.05) is 24.7 Å². The van der Waals surface area contributed by atoms with Crippen LogP contribution in [0.1, 0.15) is 33.3 Å². The smallest absolute Gasteiger partial charge is 0.246 e. The molecule has 0 N–H and O–H groups in total. The Morgan fingerprint density at radius 2 is 1.70 bits per heavy atom. The van der Waals surface area contributed by atoms with Gasteiger partial charge in [0.15, 0.2) is 0 Å². The Bertz CT molecular complexity index is 525. The van der Waals surface area contributed by atoms with Crippen molar-refractivity contribution in [2.24, 2.45) is 11.8 Å². The molecule has 0 saturated heterocycles. The first-order chi connectivity index (χ1) is 10.9. The summed E-state index contributed by atoms with van der Waals surface area (Å²) in [5.41, 5.74) is 0.828. The van der Waals surface area contributed by atoms with Gasteiger partial charge in [-0.25, -0.2) is 0 Å². The van der Waals surface area contributed by atoms with Gasteiger partial charge in [0.25, 0.3) is 0 Å². The zero-order chi connectivity index (χ0) is 17.4. The minimum Gasteiger partial charge on any atom is -0.497 e. The van der Waals surface area contributed by atoms with E-state index in [-0.39, 0.29) is 5.91 Å². The lowest BCUT2D eigenvalue weighted by Crippen LogP contribution is -2.35. The first-order valence-corrected chi connectivity index (χ1v) is 8.06. The molecule has 0 saturated carbocycles. The normalized spacial score (nSPS) is 11.3. The zero-order valence-electron chi connectivity index (χ0n) is 15.1. The quantitative estimate of drug-likeness (QED) is 0.683. The third-order valence-electron chi connectivity index (χ3n) is 3.33. The van der Waals surface area contributed by atoms with Crippen molar-refractivity contribution in [2.75, 3.05) is 27.3 Å². The summed E-state index contributed by atoms with van der Waals surface area (Å²) in [6.45, 7) is 10.0. The topological polar surface area (TPSA) is 38.8 Å². The standard InChI is InChI=1S/C19H29NO3/c1-14(2)12-20(13-15(3)4)19(21)10-7-16-11-17(22-5)8-9-18(16)23-6/h7-11,14-15H,12-13H2,1-6H3/b10-7+. The second-order valence-electron chi connectivity index (χ2n) is 6.47. The summed E-state index contributed by atoms with van der Waals surface area (Å²) in [6, 6.07) is 5.53. The lowest BCUT2D eigenvalue weighted by Gasteiger charge is -2.25. The van der Waals surface area contributed by atoms with Crippen LogP contribution in [0.15, 0.2) is 24.3 Å². The van der Waals surface area contributed by atoms with E-state index < -0.39 is 0 Å². The van der Waals surface area contributed by atoms with Gasteiger partial charge in [0.2, 0.25) is 5.91 Å². The molecule has 0 atom stereocenters. The molecule has 0 heterocycles. The molecular formula is C19H29NO3. The van der Waals surface area contributed by atoms with Gasteiger partial charge < -0.3 is 14.4 Å². The molecule has 1 aromatic rings. The fourth-order valence-electron chi connectivity index (χ4n) is 2.37. The van der Waals surface area contributed by atoms with Crippen molar-refractivity contribution in [1.82, 2.24) is 4.90 Å². The Hall–Kier alpha value is -1.97. The van der Waals surface area contributed by atoms with Gasteiger partial charge in [-0.05, 0) is 36.1 Å². The molecule has 23 heavy (non-hydrogen) atoms. The maximum Gasteiger partial charge on any atom is 0.246 e. The third kappa shape index (κ3) is 6.35. The molecule has 1 rings (SSSR count). The Kier molecular flexibility index (Phi) is 7.66. The van der Waals surface area contributed by atoms with Crippen LogP contribution in [-0.4, -0.2) is 38.1 Å². The predicted molar refractivity (Wildman–Crippen MR) is 94.8 cm³/mol. The van der Waals surface area contributed by atoms with Crippen molar-refractivity contribution >= 4 is 12.0 Å². The number of amides is 1. The van der Waals surface area contributed by atoms with Crippen LogP contribution < -0.4 is 9.47 Å². The van der Waals surface area contributed by atoms with E-state index in [1.807, 2.05) is 23.1 Å². The Morgan fingerprint density at radius 1 is 1.09 bits per heavy atom. The highest BCUT2D eigenvalue weighted by Crippen LogP contribution is 2.25. The highest BCUT2D eigenvalue weighted by atomic mass is 16.5. The Balaban J connectivity index is 2.94. The number of hydrogen-bond donors (Lipinski definition) is 0. The van der Waals surface area contributed by atoms with E-state index in [1.165, 1.54) is 0 Å². The van der Waals surface area contributed by atoms with Gasteiger partial charge in [-0.15, -0.1) is 0 Å². The molecular weight excluding hydrogens is 290 g/mol. The van der Waals surface area contributed by atoms with Gasteiger partial charge >= 0.3 is 0 Å². The second-order valence-corrected chi connectivity index (χ2v) is 6.47. The fourth-order valence-corrected chi connectivity index (χ4v) is 2.37. The van der Waals surface area contributed by atoms with Crippen LogP contribution in [0.3, 0.4) is 0 Å². The highest BCUT2D eigenvalue weighted by molar-refractivity contribution is 5.92. The molecule has 1 amide bonds. The lowest BCUT2D eigenvalue weighted by atomic mass is 10.1. The fraction of sp³-hybridized carbons (Fsp3) is 0.526. The minimum atomic E-state index is 0.0253. The number of methoxy groups -OCH3 is 2. The molecule has 0 spiro atoms. The molecule has 0 fully saturated rings. The van der Waals surface area contributed by atoms with E-state index >= 15 is 0 Å². The number of nitrogens with zero attached hydrogens (tertiary/aromatic N) is 1. The van der Waals surface area contributed by atoms with Crippen LogP contribution in [0, 0.1) is 11.8 Å². The monoisotopic (exact) mass is 319 g/mol. The maximum atomic E-state index is 12.5. The largest absolute Gasteiger partial charge is 0.497 e. The van der Waals surface area contributed by atoms with E-state index in [2.05, 4.69) is 27.7 Å². The first kappa shape index (κ1) is 19.1. The highest BCUT2D eigenvalue weighted by Gasteiger charge is 2.14. The van der Waals surface area contributed by atoms with Crippen LogP contribution in [-0.2, 0) is 4.79 Å². The van der Waals surface area contributed by atoms with Crippen molar-refractivity contribution < 1.29 is 14.3 Å². The number of hydrogen-bond acceptors (Lipinski definition) is 3. The number of ether oxygens (including phenoxy) is 2. The van der Waals surface area contributed by atoms with Crippen LogP contribution in [0.4, 0.5) is 0 Å². The summed E-state index contributed by atoms with van der Waals surface area (Å²) in [4.78, 5) is 14.4. The van der Waals surface area contributed by atoms with Gasteiger partial charge in [0.1, 0.15) is 11.5 Å². The van der Waals surface area contributed by atoms with Gasteiger partial charge in [0.05, 0.1) is 14.2 Å². The molecule has 0 aliphatic heterocycles. The molecule has 128 valence electrons. The molecule has 0 radical (unpaired) electrons. The zero-order valence-corrected chi connectivity index (χ0v) is 15.1. The SMILES string of the molecule is COc1ccc(OC)c(/C=C/C(=O)N(CC(C)C)CC(C)C)c1. The molecule has 0 aromatic heterocycles. The molecule has 0 bridgehead atoms. The van der Waals surface area contributed by atoms with E-state index in [0.717, 1.165) is 24.4 Å². The number of benzene rings is 1. The third-order valence-corrected chi connectivity index (χ3v) is 3.33. The first-order valence-electron chi connectivity index (χ1n) is 8.06. The molecule has 0 unspecified atom stereocenters. The van der Waals surface area contributed by atoms with Crippen LogP contribution in [0.25, 0.3) is 6.08 Å². The Morgan fingerprint density at radius 3 is 2.17 bits per heavy atom. The van der Waals surface area contributed by atoms with Crippen molar-refractivity contribution in [3.05, 3.63) is 29.8 Å². The summed E-state index contributed by atoms with van der Waals surface area (Å²) in [5, 5.41) is 0.